The average Bonchev–Trinajstić information content (AvgIpc) is 2.35. The average molecular weight is 299 g/mol. The van der Waals surface area contributed by atoms with Gasteiger partial charge in [0.15, 0.2) is 5.78 Å². The molecule has 0 aliphatic heterocycles. The van der Waals surface area contributed by atoms with E-state index in [1.54, 1.807) is 7.11 Å². The van der Waals surface area contributed by atoms with Crippen molar-refractivity contribution in [3.05, 3.63) is 34.3 Å². The number of hydrogen-bond acceptors (Lipinski definition) is 2. The van der Waals surface area contributed by atoms with E-state index < -0.39 is 5.60 Å². The minimum absolute atomic E-state index is 0.160. The Kier molecular flexibility index (Phi) is 5.34. The minimum Gasteiger partial charge on any atom is -0.370 e. The van der Waals surface area contributed by atoms with Crippen LogP contribution in [0.15, 0.2) is 28.7 Å². The molecule has 94 valence electrons. The summed E-state index contributed by atoms with van der Waals surface area (Å²) in [6.07, 6.45) is 1.87. The van der Waals surface area contributed by atoms with E-state index >= 15 is 0 Å². The fourth-order valence-corrected chi connectivity index (χ4v) is 2.26. The van der Waals surface area contributed by atoms with Gasteiger partial charge >= 0.3 is 0 Å². The van der Waals surface area contributed by atoms with Crippen LogP contribution in [-0.4, -0.2) is 18.5 Å². The van der Waals surface area contributed by atoms with E-state index in [9.17, 15) is 4.79 Å². The van der Waals surface area contributed by atoms with Crippen LogP contribution in [0.1, 0.15) is 32.3 Å². The van der Waals surface area contributed by atoms with Gasteiger partial charge in [0.1, 0.15) is 5.60 Å². The van der Waals surface area contributed by atoms with Crippen molar-refractivity contribution in [3.8, 4) is 0 Å². The number of ketones is 1. The topological polar surface area (TPSA) is 26.3 Å². The van der Waals surface area contributed by atoms with Gasteiger partial charge in [-0.2, -0.15) is 0 Å². The molecule has 1 aromatic rings. The molecule has 0 amide bonds. The van der Waals surface area contributed by atoms with Crippen molar-refractivity contribution in [1.29, 1.82) is 0 Å². The highest BCUT2D eigenvalue weighted by Gasteiger charge is 2.33. The first-order chi connectivity index (χ1) is 8.07. The molecule has 0 spiro atoms. The molecule has 0 fully saturated rings. The molecular formula is C14H19BrO2. The van der Waals surface area contributed by atoms with E-state index in [1.165, 1.54) is 0 Å². The summed E-state index contributed by atoms with van der Waals surface area (Å²) < 4.78 is 6.46. The Morgan fingerprint density at radius 3 is 2.18 bits per heavy atom. The van der Waals surface area contributed by atoms with E-state index in [0.29, 0.717) is 6.42 Å². The van der Waals surface area contributed by atoms with Crippen LogP contribution in [0, 0.1) is 0 Å². The number of hydrogen-bond donors (Lipinski definition) is 0. The lowest BCUT2D eigenvalue weighted by Gasteiger charge is -2.28. The highest BCUT2D eigenvalue weighted by atomic mass is 79.9. The Balaban J connectivity index is 2.80. The van der Waals surface area contributed by atoms with Crippen LogP contribution in [0.5, 0.6) is 0 Å². The van der Waals surface area contributed by atoms with Gasteiger partial charge in [-0.3, -0.25) is 4.79 Å². The Morgan fingerprint density at radius 1 is 1.24 bits per heavy atom. The number of halogens is 1. The molecule has 0 saturated heterocycles. The molecule has 1 aromatic carbocycles. The number of methoxy groups -OCH3 is 1. The number of Topliss-reactive ketones (excluding diaryl/α,β-unsaturated/α-hetero) is 1. The first-order valence-electron chi connectivity index (χ1n) is 5.91. The predicted molar refractivity (Wildman–Crippen MR) is 73.2 cm³/mol. The van der Waals surface area contributed by atoms with Crippen molar-refractivity contribution < 1.29 is 9.53 Å². The van der Waals surface area contributed by atoms with Crippen molar-refractivity contribution in [2.24, 2.45) is 0 Å². The zero-order valence-corrected chi connectivity index (χ0v) is 12.2. The Morgan fingerprint density at radius 2 is 1.76 bits per heavy atom. The summed E-state index contributed by atoms with van der Waals surface area (Å²) in [5, 5.41) is 0. The molecular weight excluding hydrogens is 280 g/mol. The largest absolute Gasteiger partial charge is 0.370 e. The lowest BCUT2D eigenvalue weighted by atomic mass is 9.88. The van der Waals surface area contributed by atoms with Gasteiger partial charge in [0.05, 0.1) is 0 Å². The molecule has 3 heteroatoms. The van der Waals surface area contributed by atoms with E-state index in [1.807, 2.05) is 38.1 Å². The summed E-state index contributed by atoms with van der Waals surface area (Å²) in [4.78, 5) is 12.3. The third-order valence-corrected chi connectivity index (χ3v) is 3.85. The van der Waals surface area contributed by atoms with Crippen molar-refractivity contribution in [2.75, 3.05) is 7.11 Å². The number of benzene rings is 1. The van der Waals surface area contributed by atoms with Crippen LogP contribution in [0.3, 0.4) is 0 Å². The van der Waals surface area contributed by atoms with Gasteiger partial charge < -0.3 is 4.74 Å². The number of ether oxygens (including phenoxy) is 1. The van der Waals surface area contributed by atoms with Crippen LogP contribution >= 0.6 is 15.9 Å². The van der Waals surface area contributed by atoms with Crippen LogP contribution in [0.25, 0.3) is 0 Å². The monoisotopic (exact) mass is 298 g/mol. The van der Waals surface area contributed by atoms with Gasteiger partial charge in [-0.1, -0.05) is 41.9 Å². The lowest BCUT2D eigenvalue weighted by Crippen LogP contribution is -2.40. The molecule has 0 saturated carbocycles. The van der Waals surface area contributed by atoms with Crippen molar-refractivity contribution >= 4 is 21.7 Å². The van der Waals surface area contributed by atoms with Gasteiger partial charge in [0.2, 0.25) is 0 Å². The van der Waals surface area contributed by atoms with Gasteiger partial charge in [0, 0.05) is 18.0 Å². The fraction of sp³-hybridized carbons (Fsp3) is 0.500. The van der Waals surface area contributed by atoms with E-state index in [2.05, 4.69) is 15.9 Å². The second-order valence-corrected chi connectivity index (χ2v) is 5.05. The summed E-state index contributed by atoms with van der Waals surface area (Å²) in [5.41, 5.74) is 0.411. The molecule has 0 N–H and O–H groups in total. The molecule has 0 atom stereocenters. The number of carbonyl (C=O) groups is 1. The quantitative estimate of drug-likeness (QED) is 0.799. The molecule has 1 rings (SSSR count). The fourth-order valence-electron chi connectivity index (χ4n) is 2.00. The molecule has 0 aromatic heterocycles. The Hall–Kier alpha value is -0.670. The van der Waals surface area contributed by atoms with Crippen molar-refractivity contribution in [3.63, 3.8) is 0 Å². The van der Waals surface area contributed by atoms with Gasteiger partial charge in [-0.15, -0.1) is 0 Å². The molecule has 0 heterocycles. The first-order valence-corrected chi connectivity index (χ1v) is 6.70. The summed E-state index contributed by atoms with van der Waals surface area (Å²) in [7, 11) is 1.62. The standard InChI is InChI=1S/C14H19BrO2/c1-4-14(5-2,17-3)13(16)10-11-6-8-12(15)9-7-11/h6-9H,4-5,10H2,1-3H3. The molecule has 0 aliphatic rings. The Bertz CT molecular complexity index is 358. The maximum absolute atomic E-state index is 12.3. The lowest BCUT2D eigenvalue weighted by molar-refractivity contribution is -0.141. The van der Waals surface area contributed by atoms with E-state index in [-0.39, 0.29) is 5.78 Å². The zero-order chi connectivity index (χ0) is 12.9. The van der Waals surface area contributed by atoms with Crippen molar-refractivity contribution in [2.45, 2.75) is 38.7 Å². The third kappa shape index (κ3) is 3.39. The highest BCUT2D eigenvalue weighted by molar-refractivity contribution is 9.10. The van der Waals surface area contributed by atoms with Gasteiger partial charge in [-0.25, -0.2) is 0 Å². The summed E-state index contributed by atoms with van der Waals surface area (Å²) in [5.74, 6) is 0.160. The highest BCUT2D eigenvalue weighted by Crippen LogP contribution is 2.23. The van der Waals surface area contributed by atoms with E-state index in [4.69, 9.17) is 4.74 Å². The molecule has 0 bridgehead atoms. The molecule has 0 aliphatic carbocycles. The van der Waals surface area contributed by atoms with Crippen molar-refractivity contribution in [1.82, 2.24) is 0 Å². The minimum atomic E-state index is -0.618. The first kappa shape index (κ1) is 14.4. The summed E-state index contributed by atoms with van der Waals surface area (Å²) >= 11 is 3.38. The summed E-state index contributed by atoms with van der Waals surface area (Å²) in [6.45, 7) is 3.99. The molecule has 2 nitrogen and oxygen atoms in total. The zero-order valence-electron chi connectivity index (χ0n) is 10.6. The number of carbonyl (C=O) groups excluding carboxylic acids is 1. The number of rotatable bonds is 6. The maximum atomic E-state index is 12.3. The molecule has 0 radical (unpaired) electrons. The van der Waals surface area contributed by atoms with Gasteiger partial charge in [-0.05, 0) is 30.5 Å². The van der Waals surface area contributed by atoms with Crippen LogP contribution in [-0.2, 0) is 16.0 Å². The second-order valence-electron chi connectivity index (χ2n) is 4.13. The molecule has 17 heavy (non-hydrogen) atoms. The third-order valence-electron chi connectivity index (χ3n) is 3.32. The SMILES string of the molecule is CCC(CC)(OC)C(=O)Cc1ccc(Br)cc1. The normalized spacial score (nSPS) is 11.5. The van der Waals surface area contributed by atoms with Gasteiger partial charge in [0.25, 0.3) is 0 Å². The summed E-state index contributed by atoms with van der Waals surface area (Å²) in [6, 6.07) is 7.84. The van der Waals surface area contributed by atoms with E-state index in [0.717, 1.165) is 22.9 Å². The Labute approximate surface area is 111 Å². The predicted octanol–water partition coefficient (Wildman–Crippen LogP) is 3.77. The smallest absolute Gasteiger partial charge is 0.168 e. The van der Waals surface area contributed by atoms with Crippen LogP contribution < -0.4 is 0 Å². The maximum Gasteiger partial charge on any atom is 0.168 e. The van der Waals surface area contributed by atoms with Crippen LogP contribution in [0.4, 0.5) is 0 Å². The van der Waals surface area contributed by atoms with Crippen LogP contribution in [0.2, 0.25) is 0 Å². The molecule has 0 unspecified atom stereocenters. The second kappa shape index (κ2) is 6.31.